The van der Waals surface area contributed by atoms with Crippen LogP contribution in [0.3, 0.4) is 0 Å². The van der Waals surface area contributed by atoms with Crippen LogP contribution < -0.4 is 19.4 Å². The van der Waals surface area contributed by atoms with Crippen molar-refractivity contribution in [2.75, 3.05) is 42.6 Å². The summed E-state index contributed by atoms with van der Waals surface area (Å²) in [7, 11) is 0. The predicted octanol–water partition coefficient (Wildman–Crippen LogP) is 1.12. The maximum absolute atomic E-state index is 13.0. The Balaban J connectivity index is 1.43. The van der Waals surface area contributed by atoms with Crippen LogP contribution in [0.4, 0.5) is 11.4 Å². The number of quaternary nitrogens is 1. The number of piperazine rings is 1. The van der Waals surface area contributed by atoms with E-state index in [9.17, 15) is 9.59 Å². The lowest BCUT2D eigenvalue weighted by Gasteiger charge is -2.36. The number of nitrogens with zero attached hydrogens (tertiary/aromatic N) is 2. The number of carbonyl (C=O) groups excluding carboxylic acids is 2. The van der Waals surface area contributed by atoms with Crippen LogP contribution in [0.15, 0.2) is 54.6 Å². The minimum absolute atomic E-state index is 0.0747. The van der Waals surface area contributed by atoms with E-state index in [4.69, 9.17) is 4.74 Å². The van der Waals surface area contributed by atoms with Crippen molar-refractivity contribution in [1.29, 1.82) is 0 Å². The number of amides is 2. The highest BCUT2D eigenvalue weighted by Gasteiger charge is 2.46. The van der Waals surface area contributed by atoms with Crippen molar-refractivity contribution < 1.29 is 19.2 Å². The molecule has 0 saturated carbocycles. The average Bonchev–Trinajstić information content (AvgIpc) is 3.03. The standard InChI is InChI=1S/C22H25N3O3/c1-2-28-20-11-7-6-10-18(20)23-12-14-24(15-13-23)19-16-21(26)25(22(19)27)17-8-4-3-5-9-17/h3-11,19H,2,12-16H2,1H3/p+1/t19-/m1/s1. The van der Waals surface area contributed by atoms with Gasteiger partial charge >= 0.3 is 0 Å². The fourth-order valence-corrected chi connectivity index (χ4v) is 4.18. The molecule has 2 aromatic carbocycles. The van der Waals surface area contributed by atoms with E-state index in [1.165, 1.54) is 9.80 Å². The molecule has 0 bridgehead atoms. The molecule has 6 heteroatoms. The fourth-order valence-electron chi connectivity index (χ4n) is 4.18. The third kappa shape index (κ3) is 3.47. The van der Waals surface area contributed by atoms with Crippen LogP contribution in [0.1, 0.15) is 13.3 Å². The molecule has 2 aliphatic heterocycles. The Morgan fingerprint density at radius 1 is 1.00 bits per heavy atom. The smallest absolute Gasteiger partial charge is 0.292 e. The fraction of sp³-hybridized carbons (Fsp3) is 0.364. The van der Waals surface area contributed by atoms with Crippen molar-refractivity contribution in [3.8, 4) is 5.75 Å². The first-order valence-electron chi connectivity index (χ1n) is 9.92. The Morgan fingerprint density at radius 3 is 2.39 bits per heavy atom. The molecule has 0 aromatic heterocycles. The van der Waals surface area contributed by atoms with Gasteiger partial charge < -0.3 is 14.5 Å². The van der Waals surface area contributed by atoms with Crippen molar-refractivity contribution in [2.24, 2.45) is 0 Å². The Morgan fingerprint density at radius 2 is 1.68 bits per heavy atom. The number of ether oxygens (including phenoxy) is 1. The monoisotopic (exact) mass is 380 g/mol. The van der Waals surface area contributed by atoms with Crippen LogP contribution in [0.2, 0.25) is 0 Å². The van der Waals surface area contributed by atoms with E-state index in [2.05, 4.69) is 11.0 Å². The second-order valence-electron chi connectivity index (χ2n) is 7.21. The number of imide groups is 1. The summed E-state index contributed by atoms with van der Waals surface area (Å²) in [5, 5.41) is 0. The van der Waals surface area contributed by atoms with Crippen LogP contribution in [-0.4, -0.2) is 50.6 Å². The van der Waals surface area contributed by atoms with Gasteiger partial charge in [-0.1, -0.05) is 30.3 Å². The highest BCUT2D eigenvalue weighted by Crippen LogP contribution is 2.28. The summed E-state index contributed by atoms with van der Waals surface area (Å²) in [6.07, 6.45) is 0.290. The molecule has 2 aromatic rings. The molecule has 1 atom stereocenters. The van der Waals surface area contributed by atoms with E-state index in [0.29, 0.717) is 18.7 Å². The Hall–Kier alpha value is -2.86. The summed E-state index contributed by atoms with van der Waals surface area (Å²) in [5.41, 5.74) is 1.77. The van der Waals surface area contributed by atoms with Gasteiger partial charge in [0.25, 0.3) is 5.91 Å². The number of carbonyl (C=O) groups is 2. The van der Waals surface area contributed by atoms with Crippen LogP contribution in [0.25, 0.3) is 0 Å². The summed E-state index contributed by atoms with van der Waals surface area (Å²) < 4.78 is 5.76. The van der Waals surface area contributed by atoms with E-state index in [1.54, 1.807) is 0 Å². The zero-order chi connectivity index (χ0) is 19.5. The van der Waals surface area contributed by atoms with Gasteiger partial charge in [-0.2, -0.15) is 0 Å². The molecule has 2 saturated heterocycles. The molecule has 0 unspecified atom stereocenters. The number of hydrogen-bond donors (Lipinski definition) is 1. The first-order chi connectivity index (χ1) is 13.7. The number of benzene rings is 2. The number of hydrogen-bond acceptors (Lipinski definition) is 4. The van der Waals surface area contributed by atoms with Crippen molar-refractivity contribution >= 4 is 23.2 Å². The van der Waals surface area contributed by atoms with Crippen molar-refractivity contribution in [3.05, 3.63) is 54.6 Å². The first kappa shape index (κ1) is 18.5. The number of anilines is 2. The van der Waals surface area contributed by atoms with Gasteiger partial charge in [0.15, 0.2) is 6.04 Å². The summed E-state index contributed by atoms with van der Waals surface area (Å²) in [6.45, 7) is 5.95. The Kier molecular flexibility index (Phi) is 5.30. The third-order valence-electron chi connectivity index (χ3n) is 5.57. The summed E-state index contributed by atoms with van der Waals surface area (Å²) in [5.74, 6) is 0.725. The molecule has 28 heavy (non-hydrogen) atoms. The number of nitrogens with one attached hydrogen (secondary N) is 1. The lowest BCUT2D eigenvalue weighted by molar-refractivity contribution is -0.915. The Bertz CT molecular complexity index is 847. The van der Waals surface area contributed by atoms with Gasteiger partial charge in [0.05, 0.1) is 50.6 Å². The maximum atomic E-state index is 13.0. The molecule has 2 fully saturated rings. The topological polar surface area (TPSA) is 54.3 Å². The summed E-state index contributed by atoms with van der Waals surface area (Å²) >= 11 is 0. The van der Waals surface area contributed by atoms with Gasteiger partial charge in [-0.15, -0.1) is 0 Å². The molecule has 0 aliphatic carbocycles. The molecular formula is C22H26N3O3+. The molecule has 146 valence electrons. The highest BCUT2D eigenvalue weighted by atomic mass is 16.5. The van der Waals surface area contributed by atoms with Gasteiger partial charge in [0, 0.05) is 0 Å². The second-order valence-corrected chi connectivity index (χ2v) is 7.21. The highest BCUT2D eigenvalue weighted by molar-refractivity contribution is 6.21. The summed E-state index contributed by atoms with van der Waals surface area (Å²) in [4.78, 5) is 30.3. The van der Waals surface area contributed by atoms with E-state index < -0.39 is 0 Å². The number of rotatable bonds is 5. The lowest BCUT2D eigenvalue weighted by Crippen LogP contribution is -3.19. The van der Waals surface area contributed by atoms with Crippen LogP contribution in [0, 0.1) is 0 Å². The lowest BCUT2D eigenvalue weighted by atomic mass is 10.1. The minimum Gasteiger partial charge on any atom is -0.492 e. The van der Waals surface area contributed by atoms with Crippen molar-refractivity contribution in [3.63, 3.8) is 0 Å². The summed E-state index contributed by atoms with van der Waals surface area (Å²) in [6, 6.07) is 17.0. The Labute approximate surface area is 165 Å². The van der Waals surface area contributed by atoms with Crippen LogP contribution in [-0.2, 0) is 9.59 Å². The second kappa shape index (κ2) is 8.02. The van der Waals surface area contributed by atoms with E-state index in [1.807, 2.05) is 55.5 Å². The van der Waals surface area contributed by atoms with Gasteiger partial charge in [-0.25, -0.2) is 4.90 Å². The van der Waals surface area contributed by atoms with Gasteiger partial charge in [-0.3, -0.25) is 9.59 Å². The SMILES string of the molecule is CCOc1ccccc1N1CC[NH+]([C@@H]2CC(=O)N(c3ccccc3)C2=O)CC1. The average molecular weight is 380 g/mol. The molecule has 0 spiro atoms. The molecule has 4 rings (SSSR count). The molecule has 1 N–H and O–H groups in total. The normalized spacial score (nSPS) is 20.7. The number of para-hydroxylation sites is 3. The molecule has 0 radical (unpaired) electrons. The van der Waals surface area contributed by atoms with Crippen molar-refractivity contribution in [2.45, 2.75) is 19.4 Å². The first-order valence-corrected chi connectivity index (χ1v) is 9.92. The molecule has 6 nitrogen and oxygen atoms in total. The minimum atomic E-state index is -0.281. The molecule has 2 aliphatic rings. The van der Waals surface area contributed by atoms with Crippen LogP contribution >= 0.6 is 0 Å². The maximum Gasteiger partial charge on any atom is 0.292 e. The zero-order valence-electron chi connectivity index (χ0n) is 16.1. The quantitative estimate of drug-likeness (QED) is 0.790. The largest absolute Gasteiger partial charge is 0.492 e. The predicted molar refractivity (Wildman–Crippen MR) is 108 cm³/mol. The van der Waals surface area contributed by atoms with Gasteiger partial charge in [0.2, 0.25) is 5.91 Å². The van der Waals surface area contributed by atoms with Gasteiger partial charge in [-0.05, 0) is 31.2 Å². The van der Waals surface area contributed by atoms with Crippen LogP contribution in [0.5, 0.6) is 5.75 Å². The van der Waals surface area contributed by atoms with Gasteiger partial charge in [0.1, 0.15) is 5.75 Å². The zero-order valence-corrected chi connectivity index (χ0v) is 16.1. The molecule has 2 amide bonds. The third-order valence-corrected chi connectivity index (χ3v) is 5.57. The molecular weight excluding hydrogens is 354 g/mol. The van der Waals surface area contributed by atoms with E-state index in [0.717, 1.165) is 37.6 Å². The van der Waals surface area contributed by atoms with Crippen molar-refractivity contribution in [1.82, 2.24) is 0 Å². The van der Waals surface area contributed by atoms with E-state index in [-0.39, 0.29) is 17.9 Å². The molecule has 2 heterocycles. The van der Waals surface area contributed by atoms with E-state index >= 15 is 0 Å².